The van der Waals surface area contributed by atoms with Crippen molar-refractivity contribution in [3.63, 3.8) is 0 Å². The Morgan fingerprint density at radius 2 is 1.97 bits per heavy atom. The molecule has 186 valence electrons. The van der Waals surface area contributed by atoms with Gasteiger partial charge in [-0.05, 0) is 68.4 Å². The molecule has 0 aromatic heterocycles. The number of hydrogen-bond acceptors (Lipinski definition) is 2. The molecule has 1 aromatic rings. The molecule has 1 saturated heterocycles. The first-order valence-electron chi connectivity index (χ1n) is 12.0. The summed E-state index contributed by atoms with van der Waals surface area (Å²) in [5.41, 5.74) is 1.16. The fourth-order valence-electron chi connectivity index (χ4n) is 4.53. The van der Waals surface area contributed by atoms with Crippen LogP contribution >= 0.6 is 11.6 Å². The Labute approximate surface area is 205 Å². The van der Waals surface area contributed by atoms with Crippen LogP contribution in [0.25, 0.3) is 0 Å². The quantitative estimate of drug-likeness (QED) is 0.256. The number of nitrogens with zero attached hydrogens (tertiary/aromatic N) is 3. The molecule has 1 unspecified atom stereocenters. The fraction of sp³-hybridized carbons (Fsp3) is 0.538. The lowest BCUT2D eigenvalue weighted by molar-refractivity contribution is -0.123. The van der Waals surface area contributed by atoms with Gasteiger partial charge in [0.2, 0.25) is 5.91 Å². The summed E-state index contributed by atoms with van der Waals surface area (Å²) in [6.45, 7) is 9.10. The third-order valence-corrected chi connectivity index (χ3v) is 6.98. The lowest BCUT2D eigenvalue weighted by Gasteiger charge is -2.37. The average molecular weight is 496 g/mol. The van der Waals surface area contributed by atoms with Crippen LogP contribution in [0.15, 0.2) is 47.6 Å². The number of halogens is 4. The Morgan fingerprint density at radius 1 is 1.26 bits per heavy atom. The lowest BCUT2D eigenvalue weighted by atomic mass is 9.93. The first-order valence-corrected chi connectivity index (χ1v) is 12.3. The number of amides is 1. The van der Waals surface area contributed by atoms with Crippen molar-refractivity contribution in [2.24, 2.45) is 16.8 Å². The molecule has 0 radical (unpaired) electrons. The lowest BCUT2D eigenvalue weighted by Crippen LogP contribution is -2.46. The van der Waals surface area contributed by atoms with Crippen LogP contribution in [0.4, 0.5) is 18.9 Å². The molecule has 2 aliphatic rings. The van der Waals surface area contributed by atoms with E-state index in [0.29, 0.717) is 37.5 Å². The Bertz CT molecular complexity index is 949. The molecule has 1 fully saturated rings. The molecular formula is C26H33ClF3N3O. The van der Waals surface area contributed by atoms with Gasteiger partial charge in [0.25, 0.3) is 0 Å². The van der Waals surface area contributed by atoms with Crippen molar-refractivity contribution in [3.05, 3.63) is 53.2 Å². The molecule has 2 heterocycles. The molecule has 4 nitrogen and oxygen atoms in total. The Balaban J connectivity index is 1.69. The number of carbonyl (C=O) groups is 1. The summed E-state index contributed by atoms with van der Waals surface area (Å²) in [6.07, 6.45) is 2.73. The Kier molecular flexibility index (Phi) is 8.85. The third kappa shape index (κ3) is 6.44. The standard InChI is InChI=1S/C26H33ClF3N3O/c1-4-18(2)24(31-13-10-19(3)26(28,29)30)32-15-11-20(12-16-32)25(34)33-14-6-5-7-21-17-22(27)8-9-23(21)33/h8-10,13,17-18,20H,3-7,11-12,14-16H2,1-2H3/b13-10-,31-24?. The third-order valence-electron chi connectivity index (χ3n) is 6.74. The van der Waals surface area contributed by atoms with Crippen molar-refractivity contribution >= 4 is 29.0 Å². The summed E-state index contributed by atoms with van der Waals surface area (Å²) in [5, 5.41) is 0.686. The molecule has 2 aliphatic heterocycles. The number of fused-ring (bicyclic) bond motifs is 1. The van der Waals surface area contributed by atoms with E-state index in [0.717, 1.165) is 48.8 Å². The minimum Gasteiger partial charge on any atom is -0.360 e. The molecule has 1 aromatic carbocycles. The smallest absolute Gasteiger partial charge is 0.360 e. The van der Waals surface area contributed by atoms with Gasteiger partial charge in [0.15, 0.2) is 0 Å². The number of likely N-dealkylation sites (tertiary alicyclic amines) is 1. The maximum atomic E-state index is 13.5. The van der Waals surface area contributed by atoms with Gasteiger partial charge in [-0.2, -0.15) is 13.2 Å². The van der Waals surface area contributed by atoms with E-state index in [2.05, 4.69) is 16.5 Å². The number of hydrogen-bond donors (Lipinski definition) is 0. The SMILES string of the molecule is C=C(/C=C\N=C(C(C)CC)N1CCC(C(=O)N2CCCCc3cc(Cl)ccc32)CC1)C(F)(F)F. The highest BCUT2D eigenvalue weighted by molar-refractivity contribution is 6.30. The summed E-state index contributed by atoms with van der Waals surface area (Å²) < 4.78 is 38.1. The van der Waals surface area contributed by atoms with E-state index in [9.17, 15) is 18.0 Å². The number of piperidine rings is 1. The van der Waals surface area contributed by atoms with E-state index in [1.165, 1.54) is 6.20 Å². The molecule has 0 N–H and O–H groups in total. The Morgan fingerprint density at radius 3 is 2.62 bits per heavy atom. The van der Waals surface area contributed by atoms with Crippen LogP contribution in [-0.4, -0.2) is 42.5 Å². The number of aryl methyl sites for hydroxylation is 1. The zero-order valence-electron chi connectivity index (χ0n) is 19.9. The van der Waals surface area contributed by atoms with Gasteiger partial charge in [0.1, 0.15) is 5.84 Å². The highest BCUT2D eigenvalue weighted by atomic mass is 35.5. The predicted octanol–water partition coefficient (Wildman–Crippen LogP) is 6.80. The second kappa shape index (κ2) is 11.4. The van der Waals surface area contributed by atoms with Gasteiger partial charge in [-0.1, -0.05) is 32.0 Å². The van der Waals surface area contributed by atoms with Gasteiger partial charge in [-0.25, -0.2) is 4.99 Å². The van der Waals surface area contributed by atoms with Crippen LogP contribution in [0.2, 0.25) is 5.02 Å². The zero-order valence-corrected chi connectivity index (χ0v) is 20.6. The highest BCUT2D eigenvalue weighted by Gasteiger charge is 2.33. The van der Waals surface area contributed by atoms with Crippen LogP contribution in [0.3, 0.4) is 0 Å². The summed E-state index contributed by atoms with van der Waals surface area (Å²) in [7, 11) is 0. The molecule has 1 amide bonds. The molecule has 0 bridgehead atoms. The van der Waals surface area contributed by atoms with Crippen LogP contribution in [0.1, 0.15) is 51.5 Å². The van der Waals surface area contributed by atoms with E-state index < -0.39 is 11.7 Å². The first-order chi connectivity index (χ1) is 16.1. The molecule has 1 atom stereocenters. The van der Waals surface area contributed by atoms with Gasteiger partial charge in [-0.3, -0.25) is 4.79 Å². The van der Waals surface area contributed by atoms with Crippen LogP contribution in [-0.2, 0) is 11.2 Å². The van der Waals surface area contributed by atoms with Crippen molar-refractivity contribution in [2.45, 2.75) is 58.5 Å². The van der Waals surface area contributed by atoms with Crippen molar-refractivity contribution in [2.75, 3.05) is 24.5 Å². The number of amidine groups is 1. The van der Waals surface area contributed by atoms with Crippen molar-refractivity contribution in [1.29, 1.82) is 0 Å². The second-order valence-electron chi connectivity index (χ2n) is 9.12. The van der Waals surface area contributed by atoms with Crippen molar-refractivity contribution in [1.82, 2.24) is 4.90 Å². The highest BCUT2D eigenvalue weighted by Crippen LogP contribution is 2.32. The number of rotatable bonds is 5. The minimum absolute atomic E-state index is 0.0865. The molecule has 34 heavy (non-hydrogen) atoms. The molecule has 0 spiro atoms. The number of aliphatic imine (C=N–C) groups is 1. The summed E-state index contributed by atoms with van der Waals surface area (Å²) >= 11 is 6.18. The summed E-state index contributed by atoms with van der Waals surface area (Å²) in [4.78, 5) is 21.9. The molecule has 0 aliphatic carbocycles. The number of anilines is 1. The predicted molar refractivity (Wildman–Crippen MR) is 132 cm³/mol. The fourth-order valence-corrected chi connectivity index (χ4v) is 4.72. The molecular weight excluding hydrogens is 463 g/mol. The van der Waals surface area contributed by atoms with Gasteiger partial charge in [-0.15, -0.1) is 0 Å². The van der Waals surface area contributed by atoms with Crippen molar-refractivity contribution < 1.29 is 18.0 Å². The summed E-state index contributed by atoms with van der Waals surface area (Å²) in [6, 6.07) is 5.75. The van der Waals surface area contributed by atoms with Crippen LogP contribution in [0.5, 0.6) is 0 Å². The Hall–Kier alpha value is -2.28. The van der Waals surface area contributed by atoms with Crippen LogP contribution < -0.4 is 4.90 Å². The number of allylic oxidation sites excluding steroid dienone is 2. The van der Waals surface area contributed by atoms with Gasteiger partial charge < -0.3 is 9.80 Å². The van der Waals surface area contributed by atoms with E-state index >= 15 is 0 Å². The largest absolute Gasteiger partial charge is 0.415 e. The van der Waals surface area contributed by atoms with E-state index in [-0.39, 0.29) is 17.7 Å². The van der Waals surface area contributed by atoms with Crippen molar-refractivity contribution in [3.8, 4) is 0 Å². The van der Waals surface area contributed by atoms with E-state index in [4.69, 9.17) is 11.6 Å². The zero-order chi connectivity index (χ0) is 24.9. The number of carbonyl (C=O) groups excluding carboxylic acids is 1. The normalized spacial score (nSPS) is 19.2. The molecule has 3 rings (SSSR count). The van der Waals surface area contributed by atoms with Gasteiger partial charge >= 0.3 is 6.18 Å². The number of benzene rings is 1. The van der Waals surface area contributed by atoms with E-state index in [1.54, 1.807) is 0 Å². The summed E-state index contributed by atoms with van der Waals surface area (Å²) in [5.74, 6) is 0.915. The average Bonchev–Trinajstić information content (AvgIpc) is 3.02. The maximum Gasteiger partial charge on any atom is 0.415 e. The van der Waals surface area contributed by atoms with Gasteiger partial charge in [0, 0.05) is 54.0 Å². The number of alkyl halides is 3. The van der Waals surface area contributed by atoms with Crippen LogP contribution in [0, 0.1) is 11.8 Å². The monoisotopic (exact) mass is 495 g/mol. The second-order valence-corrected chi connectivity index (χ2v) is 9.55. The minimum atomic E-state index is -4.46. The first kappa shape index (κ1) is 26.3. The van der Waals surface area contributed by atoms with Gasteiger partial charge in [0.05, 0.1) is 0 Å². The maximum absolute atomic E-state index is 13.5. The molecule has 0 saturated carbocycles. The molecule has 8 heteroatoms. The van der Waals surface area contributed by atoms with E-state index in [1.807, 2.05) is 36.9 Å². The topological polar surface area (TPSA) is 35.9 Å².